The van der Waals surface area contributed by atoms with Gasteiger partial charge in [-0.25, -0.2) is 9.59 Å². The maximum atomic E-state index is 11.7. The number of rotatable bonds is 6. The van der Waals surface area contributed by atoms with Gasteiger partial charge in [-0.3, -0.25) is 0 Å². The van der Waals surface area contributed by atoms with Crippen molar-refractivity contribution < 1.29 is 14.7 Å². The lowest BCUT2D eigenvalue weighted by molar-refractivity contribution is -0.143. The van der Waals surface area contributed by atoms with E-state index >= 15 is 0 Å². The molecular formula is C13H25N3O3. The molecule has 3 N–H and O–H groups in total. The Labute approximate surface area is 114 Å². The van der Waals surface area contributed by atoms with Crippen molar-refractivity contribution >= 4 is 12.0 Å². The number of amides is 2. The van der Waals surface area contributed by atoms with Crippen molar-refractivity contribution in [3.63, 3.8) is 0 Å². The molecule has 1 unspecified atom stereocenters. The third kappa shape index (κ3) is 5.06. The molecule has 0 spiro atoms. The molecule has 0 saturated carbocycles. The molecule has 1 rings (SSSR count). The van der Waals surface area contributed by atoms with E-state index in [1.54, 1.807) is 6.92 Å². The minimum absolute atomic E-state index is 0.349. The second-order valence-electron chi connectivity index (χ2n) is 5.27. The Morgan fingerprint density at radius 3 is 2.42 bits per heavy atom. The number of carbonyl (C=O) groups excluding carboxylic acids is 1. The van der Waals surface area contributed by atoms with Crippen LogP contribution in [-0.2, 0) is 4.79 Å². The Morgan fingerprint density at radius 2 is 1.89 bits per heavy atom. The summed E-state index contributed by atoms with van der Waals surface area (Å²) in [5, 5.41) is 14.3. The Hall–Kier alpha value is -1.30. The van der Waals surface area contributed by atoms with Crippen molar-refractivity contribution in [2.75, 3.05) is 26.2 Å². The van der Waals surface area contributed by atoms with Crippen LogP contribution in [0.25, 0.3) is 0 Å². The Morgan fingerprint density at radius 1 is 1.26 bits per heavy atom. The first-order valence-electron chi connectivity index (χ1n) is 6.99. The summed E-state index contributed by atoms with van der Waals surface area (Å²) in [7, 11) is 0. The summed E-state index contributed by atoms with van der Waals surface area (Å²) in [5.41, 5.74) is -1.20. The molecule has 0 aromatic rings. The number of carboxylic acids is 1. The number of piperidine rings is 1. The molecule has 1 atom stereocenters. The minimum Gasteiger partial charge on any atom is -0.480 e. The van der Waals surface area contributed by atoms with Crippen LogP contribution in [0.4, 0.5) is 4.79 Å². The highest BCUT2D eigenvalue weighted by atomic mass is 16.4. The van der Waals surface area contributed by atoms with Crippen LogP contribution in [0.5, 0.6) is 0 Å². The van der Waals surface area contributed by atoms with Crippen molar-refractivity contribution in [3.05, 3.63) is 0 Å². The summed E-state index contributed by atoms with van der Waals surface area (Å²) in [5.74, 6) is -1.01. The lowest BCUT2D eigenvalue weighted by Crippen LogP contribution is -2.55. The molecule has 19 heavy (non-hydrogen) atoms. The standard InChI is InChI=1S/C13H25N3O3/c1-3-13(2,11(17)18)15-12(19)14-7-10-16-8-5-4-6-9-16/h3-10H2,1-2H3,(H,17,18)(H2,14,15,19). The smallest absolute Gasteiger partial charge is 0.329 e. The lowest BCUT2D eigenvalue weighted by atomic mass is 10.00. The summed E-state index contributed by atoms with van der Waals surface area (Å²) in [6, 6.07) is -0.413. The van der Waals surface area contributed by atoms with Crippen LogP contribution in [-0.4, -0.2) is 53.7 Å². The second-order valence-corrected chi connectivity index (χ2v) is 5.27. The molecule has 6 nitrogen and oxygen atoms in total. The first-order valence-corrected chi connectivity index (χ1v) is 6.99. The first-order chi connectivity index (χ1) is 8.98. The average molecular weight is 271 g/mol. The van der Waals surface area contributed by atoms with Gasteiger partial charge in [0.15, 0.2) is 0 Å². The molecule has 1 heterocycles. The number of carbonyl (C=O) groups is 2. The number of hydrogen-bond acceptors (Lipinski definition) is 3. The summed E-state index contributed by atoms with van der Waals surface area (Å²) in [6.07, 6.45) is 4.08. The molecule has 6 heteroatoms. The van der Waals surface area contributed by atoms with E-state index in [0.29, 0.717) is 13.0 Å². The van der Waals surface area contributed by atoms with Crippen molar-refractivity contribution in [2.24, 2.45) is 0 Å². The number of carboxylic acid groups (broad SMARTS) is 1. The largest absolute Gasteiger partial charge is 0.480 e. The van der Waals surface area contributed by atoms with Gasteiger partial charge >= 0.3 is 12.0 Å². The van der Waals surface area contributed by atoms with Gasteiger partial charge in [0.2, 0.25) is 0 Å². The highest BCUT2D eigenvalue weighted by Crippen LogP contribution is 2.09. The van der Waals surface area contributed by atoms with Gasteiger partial charge in [0, 0.05) is 13.1 Å². The second kappa shape index (κ2) is 7.33. The van der Waals surface area contributed by atoms with Gasteiger partial charge in [-0.2, -0.15) is 0 Å². The number of hydrogen-bond donors (Lipinski definition) is 3. The van der Waals surface area contributed by atoms with E-state index < -0.39 is 17.5 Å². The van der Waals surface area contributed by atoms with E-state index in [1.807, 2.05) is 0 Å². The fraction of sp³-hybridized carbons (Fsp3) is 0.846. The van der Waals surface area contributed by atoms with Crippen LogP contribution in [0, 0.1) is 0 Å². The number of nitrogens with one attached hydrogen (secondary N) is 2. The molecule has 110 valence electrons. The average Bonchev–Trinajstić information content (AvgIpc) is 2.39. The van der Waals surface area contributed by atoms with Crippen LogP contribution in [0.15, 0.2) is 0 Å². The normalized spacial score (nSPS) is 19.5. The van der Waals surface area contributed by atoms with Gasteiger partial charge in [-0.15, -0.1) is 0 Å². The number of urea groups is 1. The van der Waals surface area contributed by atoms with Gasteiger partial charge in [-0.1, -0.05) is 13.3 Å². The zero-order valence-corrected chi connectivity index (χ0v) is 11.9. The molecule has 0 aromatic heterocycles. The van der Waals surface area contributed by atoms with E-state index in [9.17, 15) is 9.59 Å². The number of aliphatic carboxylic acids is 1. The highest BCUT2D eigenvalue weighted by molar-refractivity contribution is 5.85. The SMILES string of the molecule is CCC(C)(NC(=O)NCCN1CCCCC1)C(=O)O. The van der Waals surface area contributed by atoms with E-state index in [0.717, 1.165) is 19.6 Å². The third-order valence-electron chi connectivity index (χ3n) is 3.73. The predicted molar refractivity (Wildman–Crippen MR) is 73.2 cm³/mol. The molecule has 1 fully saturated rings. The van der Waals surface area contributed by atoms with Gasteiger partial charge < -0.3 is 20.6 Å². The summed E-state index contributed by atoms with van der Waals surface area (Å²) >= 11 is 0. The van der Waals surface area contributed by atoms with Crippen LogP contribution < -0.4 is 10.6 Å². The molecule has 0 radical (unpaired) electrons. The van der Waals surface area contributed by atoms with Crippen molar-refractivity contribution in [3.8, 4) is 0 Å². The van der Waals surface area contributed by atoms with Crippen molar-refractivity contribution in [1.29, 1.82) is 0 Å². The van der Waals surface area contributed by atoms with Crippen LogP contribution >= 0.6 is 0 Å². The van der Waals surface area contributed by atoms with Crippen LogP contribution in [0.3, 0.4) is 0 Å². The molecule has 0 aliphatic carbocycles. The van der Waals surface area contributed by atoms with E-state index in [4.69, 9.17) is 5.11 Å². The van der Waals surface area contributed by atoms with Gasteiger partial charge in [0.1, 0.15) is 5.54 Å². The molecule has 0 bridgehead atoms. The maximum absolute atomic E-state index is 11.7. The molecule has 1 aliphatic rings. The molecule has 1 aliphatic heterocycles. The van der Waals surface area contributed by atoms with Gasteiger partial charge in [-0.05, 0) is 39.3 Å². The molecule has 0 aromatic carbocycles. The maximum Gasteiger partial charge on any atom is 0.329 e. The predicted octanol–water partition coefficient (Wildman–Crippen LogP) is 1.02. The van der Waals surface area contributed by atoms with Gasteiger partial charge in [0.05, 0.1) is 0 Å². The first kappa shape index (κ1) is 15.8. The highest BCUT2D eigenvalue weighted by Gasteiger charge is 2.32. The van der Waals surface area contributed by atoms with E-state index in [2.05, 4.69) is 15.5 Å². The zero-order valence-electron chi connectivity index (χ0n) is 11.9. The quantitative estimate of drug-likeness (QED) is 0.674. The summed E-state index contributed by atoms with van der Waals surface area (Å²) in [6.45, 7) is 6.80. The van der Waals surface area contributed by atoms with E-state index in [1.165, 1.54) is 26.2 Å². The zero-order chi connectivity index (χ0) is 14.3. The minimum atomic E-state index is -1.20. The Kier molecular flexibility index (Phi) is 6.08. The fourth-order valence-corrected chi connectivity index (χ4v) is 2.10. The molecule has 1 saturated heterocycles. The van der Waals surface area contributed by atoms with Crippen molar-refractivity contribution in [1.82, 2.24) is 15.5 Å². The number of likely N-dealkylation sites (tertiary alicyclic amines) is 1. The fourth-order valence-electron chi connectivity index (χ4n) is 2.10. The van der Waals surface area contributed by atoms with Crippen LogP contribution in [0.2, 0.25) is 0 Å². The molecule has 2 amide bonds. The van der Waals surface area contributed by atoms with Gasteiger partial charge in [0.25, 0.3) is 0 Å². The van der Waals surface area contributed by atoms with Crippen molar-refractivity contribution in [2.45, 2.75) is 45.1 Å². The molecular weight excluding hydrogens is 246 g/mol. The van der Waals surface area contributed by atoms with E-state index in [-0.39, 0.29) is 0 Å². The Balaban J connectivity index is 2.25. The third-order valence-corrected chi connectivity index (χ3v) is 3.73. The number of nitrogens with zero attached hydrogens (tertiary/aromatic N) is 1. The summed E-state index contributed by atoms with van der Waals surface area (Å²) < 4.78 is 0. The van der Waals surface area contributed by atoms with Crippen LogP contribution in [0.1, 0.15) is 39.5 Å². The topological polar surface area (TPSA) is 81.7 Å². The summed E-state index contributed by atoms with van der Waals surface area (Å²) in [4.78, 5) is 25.0. The monoisotopic (exact) mass is 271 g/mol. The Bertz CT molecular complexity index is 316. The lowest BCUT2D eigenvalue weighted by Gasteiger charge is -2.27.